The lowest BCUT2D eigenvalue weighted by Gasteiger charge is -2.28. The number of aromatic hydroxyl groups is 1. The van der Waals surface area contributed by atoms with Crippen LogP contribution < -0.4 is 5.43 Å². The number of fused-ring (bicyclic) bond motifs is 2. The number of carbonyl (C=O) groups excluding carboxylic acids is 1. The fourth-order valence-corrected chi connectivity index (χ4v) is 2.79. The second-order valence-electron chi connectivity index (χ2n) is 5.34. The quantitative estimate of drug-likeness (QED) is 0.844. The van der Waals surface area contributed by atoms with Gasteiger partial charge in [-0.05, 0) is 13.0 Å². The second kappa shape index (κ2) is 5.68. The van der Waals surface area contributed by atoms with Crippen LogP contribution in [0, 0.1) is 0 Å². The summed E-state index contributed by atoms with van der Waals surface area (Å²) < 4.78 is 21.2. The summed E-state index contributed by atoms with van der Waals surface area (Å²) >= 11 is 0. The topological polar surface area (TPSA) is 95.2 Å². The molecule has 7 nitrogen and oxygen atoms in total. The number of methoxy groups -OCH3 is 2. The van der Waals surface area contributed by atoms with E-state index in [0.717, 1.165) is 0 Å². The van der Waals surface area contributed by atoms with Crippen LogP contribution in [-0.4, -0.2) is 31.4 Å². The molecule has 0 saturated heterocycles. The van der Waals surface area contributed by atoms with E-state index in [2.05, 4.69) is 4.74 Å². The molecular weight excluding hydrogens is 304 g/mol. The first-order valence-electron chi connectivity index (χ1n) is 7.05. The van der Waals surface area contributed by atoms with Crippen molar-refractivity contribution in [1.82, 2.24) is 0 Å². The minimum atomic E-state index is -0.867. The van der Waals surface area contributed by atoms with E-state index >= 15 is 0 Å². The van der Waals surface area contributed by atoms with Crippen LogP contribution in [0.15, 0.2) is 21.3 Å². The number of esters is 1. The average molecular weight is 320 g/mol. The van der Waals surface area contributed by atoms with E-state index in [1.807, 2.05) is 6.92 Å². The van der Waals surface area contributed by atoms with Gasteiger partial charge in [0.15, 0.2) is 6.29 Å². The van der Waals surface area contributed by atoms with Crippen molar-refractivity contribution in [2.75, 3.05) is 14.2 Å². The van der Waals surface area contributed by atoms with Crippen molar-refractivity contribution in [3.8, 4) is 5.75 Å². The summed E-state index contributed by atoms with van der Waals surface area (Å²) in [5.74, 6) is -0.504. The Bertz CT molecular complexity index is 836. The van der Waals surface area contributed by atoms with E-state index in [0.29, 0.717) is 12.2 Å². The van der Waals surface area contributed by atoms with Crippen LogP contribution in [0.2, 0.25) is 0 Å². The van der Waals surface area contributed by atoms with Gasteiger partial charge in [-0.3, -0.25) is 4.79 Å². The lowest BCUT2D eigenvalue weighted by Crippen LogP contribution is -2.30. The maximum absolute atomic E-state index is 12.9. The molecule has 0 spiro atoms. The van der Waals surface area contributed by atoms with Gasteiger partial charge in [-0.25, -0.2) is 4.79 Å². The molecule has 1 aromatic heterocycles. The zero-order valence-corrected chi connectivity index (χ0v) is 12.9. The first-order valence-corrected chi connectivity index (χ1v) is 7.05. The van der Waals surface area contributed by atoms with E-state index in [4.69, 9.17) is 13.9 Å². The van der Waals surface area contributed by atoms with Crippen LogP contribution in [0.5, 0.6) is 5.75 Å². The van der Waals surface area contributed by atoms with Gasteiger partial charge in [0.05, 0.1) is 29.7 Å². The Morgan fingerprint density at radius 3 is 2.74 bits per heavy atom. The Morgan fingerprint density at radius 1 is 1.35 bits per heavy atom. The van der Waals surface area contributed by atoms with Gasteiger partial charge in [-0.15, -0.1) is 0 Å². The molecule has 0 saturated carbocycles. The summed E-state index contributed by atoms with van der Waals surface area (Å²) in [6.45, 7) is 1.83. The summed E-state index contributed by atoms with van der Waals surface area (Å²) in [7, 11) is 2.62. The largest absolute Gasteiger partial charge is 0.508 e. The molecule has 3 rings (SSSR count). The molecule has 0 bridgehead atoms. The third kappa shape index (κ3) is 2.47. The number of rotatable bonds is 2. The Hall–Kier alpha value is -2.38. The van der Waals surface area contributed by atoms with Crippen LogP contribution in [-0.2, 0) is 20.6 Å². The first-order chi connectivity index (χ1) is 11.0. The van der Waals surface area contributed by atoms with Crippen LogP contribution in [0.1, 0.15) is 34.9 Å². The number of ether oxygens (including phenoxy) is 3. The molecule has 0 fully saturated rings. The van der Waals surface area contributed by atoms with Gasteiger partial charge in [-0.1, -0.05) is 0 Å². The van der Waals surface area contributed by atoms with E-state index in [9.17, 15) is 14.7 Å². The van der Waals surface area contributed by atoms with Gasteiger partial charge in [-0.2, -0.15) is 0 Å². The molecule has 23 heavy (non-hydrogen) atoms. The molecule has 1 N–H and O–H groups in total. The second-order valence-corrected chi connectivity index (χ2v) is 5.34. The number of benzene rings is 1. The highest BCUT2D eigenvalue weighted by molar-refractivity contribution is 6.03. The molecule has 1 aromatic carbocycles. The van der Waals surface area contributed by atoms with Crippen molar-refractivity contribution in [1.29, 1.82) is 0 Å². The van der Waals surface area contributed by atoms with Crippen LogP contribution in [0.3, 0.4) is 0 Å². The standard InChI is InChI=1S/C16H16O7/c1-7-4-10-13(16(21-3)22-7)14(18)12-9(15(19)20-2)5-8(17)6-11(12)23-10/h5-7,16-17H,4H2,1-3H3. The Labute approximate surface area is 131 Å². The third-order valence-corrected chi connectivity index (χ3v) is 3.78. The van der Waals surface area contributed by atoms with Crippen molar-refractivity contribution < 1.29 is 28.5 Å². The van der Waals surface area contributed by atoms with Gasteiger partial charge in [0, 0.05) is 19.6 Å². The fraction of sp³-hybridized carbons (Fsp3) is 0.375. The highest BCUT2D eigenvalue weighted by atomic mass is 16.7. The maximum Gasteiger partial charge on any atom is 0.338 e. The molecule has 0 amide bonds. The zero-order chi connectivity index (χ0) is 16.7. The number of phenolic OH excluding ortho intramolecular Hbond substituents is 1. The van der Waals surface area contributed by atoms with Gasteiger partial charge in [0.1, 0.15) is 17.1 Å². The molecule has 2 atom stereocenters. The SMILES string of the molecule is COC(=O)c1cc(O)cc2oc3c(c(=O)c12)C(OC)OC(C)C3. The lowest BCUT2D eigenvalue weighted by atomic mass is 10.0. The van der Waals surface area contributed by atoms with Gasteiger partial charge < -0.3 is 23.7 Å². The van der Waals surface area contributed by atoms with Gasteiger partial charge in [0.25, 0.3) is 0 Å². The molecule has 2 aromatic rings. The molecule has 1 aliphatic heterocycles. The molecule has 2 heterocycles. The molecule has 7 heteroatoms. The minimum absolute atomic E-state index is 0.0357. The van der Waals surface area contributed by atoms with Crippen LogP contribution in [0.25, 0.3) is 11.0 Å². The van der Waals surface area contributed by atoms with Crippen molar-refractivity contribution in [3.05, 3.63) is 39.2 Å². The maximum atomic E-state index is 12.9. The Kier molecular flexibility index (Phi) is 3.83. The molecule has 2 unspecified atom stereocenters. The van der Waals surface area contributed by atoms with E-state index in [1.165, 1.54) is 26.4 Å². The normalized spacial score (nSPS) is 20.3. The van der Waals surface area contributed by atoms with Crippen molar-refractivity contribution in [2.45, 2.75) is 25.7 Å². The van der Waals surface area contributed by atoms with Crippen LogP contribution >= 0.6 is 0 Å². The summed E-state index contributed by atoms with van der Waals surface area (Å²) in [5, 5.41) is 9.82. The van der Waals surface area contributed by atoms with Crippen molar-refractivity contribution in [2.24, 2.45) is 0 Å². The first kappa shape index (κ1) is 15.5. The Balaban J connectivity index is 2.38. The summed E-state index contributed by atoms with van der Waals surface area (Å²) in [5.41, 5.74) is -0.139. The van der Waals surface area contributed by atoms with Gasteiger partial charge in [0.2, 0.25) is 5.43 Å². The third-order valence-electron chi connectivity index (χ3n) is 3.78. The van der Waals surface area contributed by atoms with Crippen LogP contribution in [0.4, 0.5) is 0 Å². The summed E-state index contributed by atoms with van der Waals surface area (Å²) in [6, 6.07) is 2.47. The number of hydrogen-bond donors (Lipinski definition) is 1. The molecule has 1 aliphatic rings. The average Bonchev–Trinajstić information content (AvgIpc) is 2.51. The van der Waals surface area contributed by atoms with Crippen molar-refractivity contribution >= 4 is 16.9 Å². The zero-order valence-electron chi connectivity index (χ0n) is 12.9. The predicted octanol–water partition coefficient (Wildman–Crippen LogP) is 1.89. The highest BCUT2D eigenvalue weighted by Crippen LogP contribution is 2.33. The highest BCUT2D eigenvalue weighted by Gasteiger charge is 2.32. The molecule has 0 radical (unpaired) electrons. The Morgan fingerprint density at radius 2 is 2.09 bits per heavy atom. The summed E-state index contributed by atoms with van der Waals surface area (Å²) in [6.07, 6.45) is -0.664. The number of carbonyl (C=O) groups is 1. The van der Waals surface area contributed by atoms with E-state index < -0.39 is 17.7 Å². The molecule has 0 aliphatic carbocycles. The van der Waals surface area contributed by atoms with Crippen molar-refractivity contribution in [3.63, 3.8) is 0 Å². The number of hydrogen-bond acceptors (Lipinski definition) is 7. The smallest absolute Gasteiger partial charge is 0.338 e. The molecule has 122 valence electrons. The molecular formula is C16H16O7. The lowest BCUT2D eigenvalue weighted by molar-refractivity contribution is -0.166. The fourth-order valence-electron chi connectivity index (χ4n) is 2.79. The minimum Gasteiger partial charge on any atom is -0.508 e. The van der Waals surface area contributed by atoms with Gasteiger partial charge >= 0.3 is 5.97 Å². The summed E-state index contributed by atoms with van der Waals surface area (Å²) in [4.78, 5) is 24.8. The van der Waals surface area contributed by atoms with E-state index in [1.54, 1.807) is 0 Å². The number of phenols is 1. The monoisotopic (exact) mass is 320 g/mol. The predicted molar refractivity (Wildman–Crippen MR) is 79.5 cm³/mol. The van der Waals surface area contributed by atoms with E-state index in [-0.39, 0.29) is 33.9 Å².